The van der Waals surface area contributed by atoms with E-state index in [9.17, 15) is 5.11 Å². The van der Waals surface area contributed by atoms with Gasteiger partial charge in [0.15, 0.2) is 0 Å². The van der Waals surface area contributed by atoms with E-state index in [0.29, 0.717) is 5.02 Å². The number of rotatable bonds is 1. The molecule has 1 aromatic carbocycles. The van der Waals surface area contributed by atoms with Gasteiger partial charge in [-0.05, 0) is 36.2 Å². The Morgan fingerprint density at radius 3 is 2.73 bits per heavy atom. The van der Waals surface area contributed by atoms with Gasteiger partial charge < -0.3 is 5.11 Å². The summed E-state index contributed by atoms with van der Waals surface area (Å²) in [5, 5.41) is 9.86. The number of halogens is 1. The molecule has 0 aliphatic heterocycles. The van der Waals surface area contributed by atoms with Gasteiger partial charge in [-0.1, -0.05) is 17.7 Å². The molecule has 0 unspecified atom stereocenters. The molecule has 2 nitrogen and oxygen atoms in total. The van der Waals surface area contributed by atoms with Gasteiger partial charge in [-0.2, -0.15) is 0 Å². The maximum Gasteiger partial charge on any atom is 0.134 e. The number of hydrogen-bond donors (Lipinski definition) is 1. The first-order chi connectivity index (χ1) is 7.18. The molecule has 1 heterocycles. The molecule has 1 aromatic heterocycles. The van der Waals surface area contributed by atoms with Crippen LogP contribution in [-0.2, 0) is 0 Å². The summed E-state index contributed by atoms with van der Waals surface area (Å²) in [6.45, 7) is 2.00. The zero-order valence-corrected chi connectivity index (χ0v) is 8.99. The minimum Gasteiger partial charge on any atom is -0.506 e. The van der Waals surface area contributed by atoms with Gasteiger partial charge in [0.1, 0.15) is 5.75 Å². The van der Waals surface area contributed by atoms with Crippen LogP contribution in [0.4, 0.5) is 0 Å². The van der Waals surface area contributed by atoms with E-state index in [1.165, 1.54) is 0 Å². The Hall–Kier alpha value is -1.54. The van der Waals surface area contributed by atoms with Gasteiger partial charge in [-0.15, -0.1) is 0 Å². The normalized spacial score (nSPS) is 10.3. The third-order valence-electron chi connectivity index (χ3n) is 2.30. The molecule has 0 aliphatic carbocycles. The summed E-state index contributed by atoms with van der Waals surface area (Å²) >= 11 is 5.74. The van der Waals surface area contributed by atoms with E-state index in [2.05, 4.69) is 4.98 Å². The quantitative estimate of drug-likeness (QED) is 0.797. The molecule has 76 valence electrons. The van der Waals surface area contributed by atoms with Crippen molar-refractivity contribution in [1.82, 2.24) is 4.98 Å². The monoisotopic (exact) mass is 219 g/mol. The van der Waals surface area contributed by atoms with Crippen LogP contribution in [0, 0.1) is 6.92 Å². The second kappa shape index (κ2) is 3.91. The van der Waals surface area contributed by atoms with Gasteiger partial charge in [0.05, 0.1) is 5.02 Å². The highest BCUT2D eigenvalue weighted by Crippen LogP contribution is 2.30. The van der Waals surface area contributed by atoms with Gasteiger partial charge in [0.2, 0.25) is 0 Å². The summed E-state index contributed by atoms with van der Waals surface area (Å²) in [4.78, 5) is 4.06. The molecular weight excluding hydrogens is 210 g/mol. The van der Waals surface area contributed by atoms with E-state index < -0.39 is 0 Å². The molecule has 15 heavy (non-hydrogen) atoms. The molecule has 0 atom stereocenters. The van der Waals surface area contributed by atoms with Crippen LogP contribution >= 0.6 is 11.6 Å². The third kappa shape index (κ3) is 1.95. The van der Waals surface area contributed by atoms with Crippen molar-refractivity contribution < 1.29 is 5.11 Å². The summed E-state index contributed by atoms with van der Waals surface area (Å²) in [6, 6.07) is 7.12. The highest BCUT2D eigenvalue weighted by molar-refractivity contribution is 6.32. The van der Waals surface area contributed by atoms with Crippen LogP contribution in [-0.4, -0.2) is 10.1 Å². The van der Waals surface area contributed by atoms with Crippen molar-refractivity contribution in [1.29, 1.82) is 0 Å². The summed E-state index contributed by atoms with van der Waals surface area (Å²) in [5.41, 5.74) is 3.04. The molecule has 0 radical (unpaired) electrons. The number of aryl methyl sites for hydroxylation is 1. The number of benzene rings is 1. The maximum atomic E-state index is 9.50. The Bertz CT molecular complexity index is 497. The highest BCUT2D eigenvalue weighted by Gasteiger charge is 2.04. The Balaban J connectivity index is 2.55. The first kappa shape index (κ1) is 9.99. The maximum absolute atomic E-state index is 9.50. The molecule has 0 saturated heterocycles. The van der Waals surface area contributed by atoms with Gasteiger partial charge in [-0.25, -0.2) is 0 Å². The first-order valence-electron chi connectivity index (χ1n) is 4.58. The lowest BCUT2D eigenvalue weighted by Gasteiger charge is -2.06. The summed E-state index contributed by atoms with van der Waals surface area (Å²) in [5.74, 6) is 0.0948. The summed E-state index contributed by atoms with van der Waals surface area (Å²) in [7, 11) is 0. The van der Waals surface area contributed by atoms with Crippen molar-refractivity contribution >= 4 is 11.6 Å². The van der Waals surface area contributed by atoms with Crippen molar-refractivity contribution in [2.24, 2.45) is 0 Å². The highest BCUT2D eigenvalue weighted by atomic mass is 35.5. The Kier molecular flexibility index (Phi) is 2.60. The predicted octanol–water partition coefficient (Wildman–Crippen LogP) is 3.42. The number of aromatic nitrogens is 1. The fraction of sp³-hybridized carbons (Fsp3) is 0.0833. The van der Waals surface area contributed by atoms with Gasteiger partial charge in [0, 0.05) is 18.0 Å². The number of phenols is 1. The van der Waals surface area contributed by atoms with E-state index >= 15 is 0 Å². The predicted molar refractivity (Wildman–Crippen MR) is 61.1 cm³/mol. The first-order valence-corrected chi connectivity index (χ1v) is 4.96. The van der Waals surface area contributed by atoms with Crippen LogP contribution < -0.4 is 0 Å². The smallest absolute Gasteiger partial charge is 0.134 e. The number of phenolic OH excluding ortho intramolecular Hbond substituents is 1. The van der Waals surface area contributed by atoms with Crippen LogP contribution in [0.2, 0.25) is 5.02 Å². The number of hydrogen-bond acceptors (Lipinski definition) is 2. The minimum absolute atomic E-state index is 0.0948. The summed E-state index contributed by atoms with van der Waals surface area (Å²) in [6.07, 6.45) is 3.52. The van der Waals surface area contributed by atoms with Crippen molar-refractivity contribution in [2.45, 2.75) is 6.92 Å². The van der Waals surface area contributed by atoms with Gasteiger partial charge in [-0.3, -0.25) is 4.98 Å². The molecule has 2 rings (SSSR count). The average Bonchev–Trinajstić information content (AvgIpc) is 2.23. The molecule has 0 spiro atoms. The minimum atomic E-state index is 0.0948. The van der Waals surface area contributed by atoms with Crippen molar-refractivity contribution in [3.8, 4) is 16.9 Å². The lowest BCUT2D eigenvalue weighted by atomic mass is 10.0. The fourth-order valence-electron chi connectivity index (χ4n) is 1.45. The number of pyridine rings is 1. The topological polar surface area (TPSA) is 33.1 Å². The van der Waals surface area contributed by atoms with Crippen LogP contribution in [0.5, 0.6) is 5.75 Å². The van der Waals surface area contributed by atoms with E-state index in [4.69, 9.17) is 11.6 Å². The van der Waals surface area contributed by atoms with E-state index in [-0.39, 0.29) is 5.75 Å². The molecule has 0 saturated carbocycles. The second-order valence-corrected chi connectivity index (χ2v) is 3.76. The van der Waals surface area contributed by atoms with Crippen molar-refractivity contribution in [3.05, 3.63) is 47.2 Å². The lowest BCUT2D eigenvalue weighted by Crippen LogP contribution is -1.84. The van der Waals surface area contributed by atoms with Crippen LogP contribution in [0.3, 0.4) is 0 Å². The van der Waals surface area contributed by atoms with Crippen LogP contribution in [0.1, 0.15) is 5.56 Å². The van der Waals surface area contributed by atoms with E-state index in [1.807, 2.05) is 19.1 Å². The van der Waals surface area contributed by atoms with Crippen LogP contribution in [0.15, 0.2) is 36.7 Å². The van der Waals surface area contributed by atoms with Gasteiger partial charge >= 0.3 is 0 Å². The SMILES string of the molecule is Cc1ccncc1-c1ccc(Cl)c(O)c1. The lowest BCUT2D eigenvalue weighted by molar-refractivity contribution is 0.476. The molecule has 3 heteroatoms. The zero-order chi connectivity index (χ0) is 10.8. The van der Waals surface area contributed by atoms with Crippen LogP contribution in [0.25, 0.3) is 11.1 Å². The average molecular weight is 220 g/mol. The van der Waals surface area contributed by atoms with Crippen molar-refractivity contribution in [3.63, 3.8) is 0 Å². The Labute approximate surface area is 93.2 Å². The molecule has 0 fully saturated rings. The van der Waals surface area contributed by atoms with Gasteiger partial charge in [0.25, 0.3) is 0 Å². The molecule has 1 N–H and O–H groups in total. The molecule has 0 bridgehead atoms. The molecule has 0 aliphatic rings. The van der Waals surface area contributed by atoms with Crippen molar-refractivity contribution in [2.75, 3.05) is 0 Å². The zero-order valence-electron chi connectivity index (χ0n) is 8.24. The Morgan fingerprint density at radius 1 is 1.27 bits per heavy atom. The summed E-state index contributed by atoms with van der Waals surface area (Å²) < 4.78 is 0. The molecular formula is C12H10ClNO. The number of aromatic hydroxyl groups is 1. The standard InChI is InChI=1S/C12H10ClNO/c1-8-4-5-14-7-10(8)9-2-3-11(13)12(15)6-9/h2-7,15H,1H3. The third-order valence-corrected chi connectivity index (χ3v) is 2.62. The largest absolute Gasteiger partial charge is 0.506 e. The Morgan fingerprint density at radius 2 is 2.07 bits per heavy atom. The van der Waals surface area contributed by atoms with E-state index in [1.54, 1.807) is 24.5 Å². The fourth-order valence-corrected chi connectivity index (χ4v) is 1.56. The number of nitrogens with zero attached hydrogens (tertiary/aromatic N) is 1. The second-order valence-electron chi connectivity index (χ2n) is 3.36. The molecule has 0 amide bonds. The molecule has 2 aromatic rings. The van der Waals surface area contributed by atoms with E-state index in [0.717, 1.165) is 16.7 Å².